The number of aliphatic hydroxyl groups is 1. The summed E-state index contributed by atoms with van der Waals surface area (Å²) in [4.78, 5) is 0. The zero-order valence-electron chi connectivity index (χ0n) is 6.99. The summed E-state index contributed by atoms with van der Waals surface area (Å²) in [6.07, 6.45) is 3.49. The first-order chi connectivity index (χ1) is 5.74. The Morgan fingerprint density at radius 1 is 1.42 bits per heavy atom. The zero-order valence-corrected chi connectivity index (χ0v) is 6.99. The summed E-state index contributed by atoms with van der Waals surface area (Å²) >= 11 is 0. The van der Waals surface area contributed by atoms with E-state index in [4.69, 9.17) is 10.2 Å². The molecule has 2 N–H and O–H groups in total. The van der Waals surface area contributed by atoms with Gasteiger partial charge in [0.1, 0.15) is 5.75 Å². The smallest absolute Gasteiger partial charge is 0.115 e. The highest BCUT2D eigenvalue weighted by atomic mass is 16.3. The first-order valence-electron chi connectivity index (χ1n) is 3.81. The fourth-order valence-corrected chi connectivity index (χ4v) is 1.03. The van der Waals surface area contributed by atoms with Crippen molar-refractivity contribution in [1.29, 1.82) is 0 Å². The van der Waals surface area contributed by atoms with E-state index in [1.165, 1.54) is 0 Å². The number of phenols is 1. The number of aryl methyl sites for hydroxylation is 1. The average Bonchev–Trinajstić information content (AvgIpc) is 2.03. The molecule has 0 spiro atoms. The standard InChI is InChI=1S/C10H12O2/c1-8-7-10(12)5-4-9(8)3-2-6-11/h2-5,7,11-12H,6H2,1H3/b3-2+. The van der Waals surface area contributed by atoms with E-state index in [0.717, 1.165) is 11.1 Å². The highest BCUT2D eigenvalue weighted by Gasteiger charge is 1.94. The first kappa shape index (κ1) is 8.81. The van der Waals surface area contributed by atoms with Gasteiger partial charge in [-0.3, -0.25) is 0 Å². The van der Waals surface area contributed by atoms with Crippen molar-refractivity contribution in [3.63, 3.8) is 0 Å². The molecule has 0 aliphatic rings. The van der Waals surface area contributed by atoms with Crippen molar-refractivity contribution in [3.8, 4) is 5.75 Å². The van der Waals surface area contributed by atoms with Gasteiger partial charge in [-0.1, -0.05) is 18.2 Å². The molecule has 0 saturated heterocycles. The second-order valence-electron chi connectivity index (χ2n) is 2.63. The number of hydrogen-bond donors (Lipinski definition) is 2. The van der Waals surface area contributed by atoms with Crippen molar-refractivity contribution < 1.29 is 10.2 Å². The van der Waals surface area contributed by atoms with E-state index in [1.807, 2.05) is 19.1 Å². The van der Waals surface area contributed by atoms with Crippen LogP contribution in [0.15, 0.2) is 24.3 Å². The van der Waals surface area contributed by atoms with Crippen molar-refractivity contribution >= 4 is 6.08 Å². The monoisotopic (exact) mass is 164 g/mol. The molecule has 0 heterocycles. The van der Waals surface area contributed by atoms with Gasteiger partial charge in [0.25, 0.3) is 0 Å². The maximum absolute atomic E-state index is 9.09. The Balaban J connectivity index is 2.94. The van der Waals surface area contributed by atoms with E-state index in [1.54, 1.807) is 18.2 Å². The van der Waals surface area contributed by atoms with Gasteiger partial charge in [0, 0.05) is 0 Å². The Hall–Kier alpha value is -1.28. The summed E-state index contributed by atoms with van der Waals surface area (Å²) in [7, 11) is 0. The van der Waals surface area contributed by atoms with Crippen LogP contribution in [0.4, 0.5) is 0 Å². The number of rotatable bonds is 2. The van der Waals surface area contributed by atoms with Crippen LogP contribution in [0.5, 0.6) is 5.75 Å². The van der Waals surface area contributed by atoms with Crippen LogP contribution in [0.2, 0.25) is 0 Å². The SMILES string of the molecule is Cc1cc(O)ccc1/C=C/CO. The van der Waals surface area contributed by atoms with Gasteiger partial charge in [-0.2, -0.15) is 0 Å². The van der Waals surface area contributed by atoms with Crippen LogP contribution in [-0.2, 0) is 0 Å². The molecular formula is C10H12O2. The predicted octanol–water partition coefficient (Wildman–Crippen LogP) is 1.71. The van der Waals surface area contributed by atoms with Gasteiger partial charge < -0.3 is 10.2 Å². The molecule has 12 heavy (non-hydrogen) atoms. The second-order valence-corrected chi connectivity index (χ2v) is 2.63. The molecule has 1 aromatic carbocycles. The number of aromatic hydroxyl groups is 1. The highest BCUT2D eigenvalue weighted by molar-refractivity contribution is 5.55. The molecule has 1 aromatic rings. The van der Waals surface area contributed by atoms with E-state index in [-0.39, 0.29) is 12.4 Å². The van der Waals surface area contributed by atoms with Crippen LogP contribution >= 0.6 is 0 Å². The third-order valence-corrected chi connectivity index (χ3v) is 1.66. The maximum atomic E-state index is 9.09. The molecule has 64 valence electrons. The summed E-state index contributed by atoms with van der Waals surface area (Å²) in [6, 6.07) is 5.14. The molecule has 2 nitrogen and oxygen atoms in total. The summed E-state index contributed by atoms with van der Waals surface area (Å²) in [5, 5.41) is 17.6. The minimum absolute atomic E-state index is 0.0420. The number of benzene rings is 1. The molecule has 0 radical (unpaired) electrons. The van der Waals surface area contributed by atoms with E-state index < -0.39 is 0 Å². The molecule has 0 saturated carbocycles. The molecule has 0 unspecified atom stereocenters. The Labute approximate surface area is 71.8 Å². The van der Waals surface area contributed by atoms with E-state index >= 15 is 0 Å². The summed E-state index contributed by atoms with van der Waals surface area (Å²) < 4.78 is 0. The Kier molecular flexibility index (Phi) is 2.88. The molecule has 0 bridgehead atoms. The second kappa shape index (κ2) is 3.93. The summed E-state index contributed by atoms with van der Waals surface area (Å²) in [5.41, 5.74) is 2.02. The maximum Gasteiger partial charge on any atom is 0.115 e. The van der Waals surface area contributed by atoms with Crippen molar-refractivity contribution in [3.05, 3.63) is 35.4 Å². The molecule has 0 fully saturated rings. The lowest BCUT2D eigenvalue weighted by Crippen LogP contribution is -1.80. The van der Waals surface area contributed by atoms with Crippen LogP contribution in [0.25, 0.3) is 6.08 Å². The molecule has 0 aliphatic carbocycles. The van der Waals surface area contributed by atoms with Gasteiger partial charge in [0.05, 0.1) is 6.61 Å². The lowest BCUT2D eigenvalue weighted by Gasteiger charge is -1.99. The fraction of sp³-hybridized carbons (Fsp3) is 0.200. The lowest BCUT2D eigenvalue weighted by molar-refractivity contribution is 0.343. The number of hydrogen-bond acceptors (Lipinski definition) is 2. The van der Waals surface area contributed by atoms with Gasteiger partial charge in [-0.15, -0.1) is 0 Å². The normalized spacial score (nSPS) is 10.8. The first-order valence-corrected chi connectivity index (χ1v) is 3.81. The molecule has 2 heteroatoms. The zero-order chi connectivity index (χ0) is 8.97. The third-order valence-electron chi connectivity index (χ3n) is 1.66. The Bertz CT molecular complexity index is 290. The van der Waals surface area contributed by atoms with Crippen molar-refractivity contribution in [2.45, 2.75) is 6.92 Å². The Morgan fingerprint density at radius 3 is 2.75 bits per heavy atom. The summed E-state index contributed by atoms with van der Waals surface area (Å²) in [5.74, 6) is 0.272. The van der Waals surface area contributed by atoms with E-state index in [0.29, 0.717) is 0 Å². The summed E-state index contributed by atoms with van der Waals surface area (Å²) in [6.45, 7) is 1.96. The number of aliphatic hydroxyl groups excluding tert-OH is 1. The van der Waals surface area contributed by atoms with E-state index in [9.17, 15) is 0 Å². The lowest BCUT2D eigenvalue weighted by atomic mass is 10.1. The van der Waals surface area contributed by atoms with Crippen LogP contribution in [0, 0.1) is 6.92 Å². The molecule has 0 aromatic heterocycles. The van der Waals surface area contributed by atoms with Gasteiger partial charge >= 0.3 is 0 Å². The topological polar surface area (TPSA) is 40.5 Å². The molecular weight excluding hydrogens is 152 g/mol. The average molecular weight is 164 g/mol. The van der Waals surface area contributed by atoms with Gasteiger partial charge in [-0.05, 0) is 30.2 Å². The van der Waals surface area contributed by atoms with Gasteiger partial charge in [0.2, 0.25) is 0 Å². The van der Waals surface area contributed by atoms with Crippen molar-refractivity contribution in [2.75, 3.05) is 6.61 Å². The Morgan fingerprint density at radius 2 is 2.17 bits per heavy atom. The largest absolute Gasteiger partial charge is 0.508 e. The molecule has 0 aliphatic heterocycles. The molecule has 0 amide bonds. The molecule has 1 rings (SSSR count). The third kappa shape index (κ3) is 2.10. The quantitative estimate of drug-likeness (QED) is 0.698. The minimum Gasteiger partial charge on any atom is -0.508 e. The minimum atomic E-state index is 0.0420. The van der Waals surface area contributed by atoms with Gasteiger partial charge in [-0.25, -0.2) is 0 Å². The fourth-order valence-electron chi connectivity index (χ4n) is 1.03. The predicted molar refractivity (Wildman–Crippen MR) is 49.0 cm³/mol. The van der Waals surface area contributed by atoms with Crippen molar-refractivity contribution in [1.82, 2.24) is 0 Å². The molecule has 0 atom stereocenters. The van der Waals surface area contributed by atoms with Gasteiger partial charge in [0.15, 0.2) is 0 Å². The van der Waals surface area contributed by atoms with Crippen molar-refractivity contribution in [2.24, 2.45) is 0 Å². The van der Waals surface area contributed by atoms with E-state index in [2.05, 4.69) is 0 Å². The highest BCUT2D eigenvalue weighted by Crippen LogP contribution is 2.16. The van der Waals surface area contributed by atoms with Crippen LogP contribution in [0.1, 0.15) is 11.1 Å². The van der Waals surface area contributed by atoms with Crippen LogP contribution in [-0.4, -0.2) is 16.8 Å². The van der Waals surface area contributed by atoms with Crippen LogP contribution in [0.3, 0.4) is 0 Å². The van der Waals surface area contributed by atoms with Crippen LogP contribution < -0.4 is 0 Å². The number of phenolic OH excluding ortho intramolecular Hbond substituents is 1.